The molecule has 0 bridgehead atoms. The van der Waals surface area contributed by atoms with Gasteiger partial charge >= 0.3 is 0 Å². The Hall–Kier alpha value is -1.52. The molecule has 0 aromatic heterocycles. The van der Waals surface area contributed by atoms with Crippen LogP contribution in [0.15, 0.2) is 36.1 Å². The van der Waals surface area contributed by atoms with Gasteiger partial charge in [-0.15, -0.1) is 0 Å². The van der Waals surface area contributed by atoms with Gasteiger partial charge in [-0.05, 0) is 35.6 Å². The summed E-state index contributed by atoms with van der Waals surface area (Å²) in [6, 6.07) is 7.14. The minimum atomic E-state index is -0.595. The Morgan fingerprint density at radius 3 is 2.80 bits per heavy atom. The van der Waals surface area contributed by atoms with Crippen LogP contribution < -0.4 is 5.32 Å². The first-order chi connectivity index (χ1) is 9.38. The van der Waals surface area contributed by atoms with Crippen LogP contribution in [0.2, 0.25) is 0 Å². The second-order valence-electron chi connectivity index (χ2n) is 6.63. The van der Waals surface area contributed by atoms with Crippen LogP contribution in [0.4, 0.5) is 0 Å². The lowest BCUT2D eigenvalue weighted by Crippen LogP contribution is -2.46. The molecule has 1 aromatic carbocycles. The molecule has 2 unspecified atom stereocenters. The number of allylic oxidation sites excluding steroid dienone is 1. The average Bonchev–Trinajstić information content (AvgIpc) is 2.69. The maximum atomic E-state index is 9.97. The molecule has 3 N–H and O–H groups in total. The third-order valence-corrected chi connectivity index (χ3v) is 3.98. The maximum absolute atomic E-state index is 9.97. The number of aliphatic hydroxyl groups excluding tert-OH is 1. The highest BCUT2D eigenvalue weighted by Gasteiger charge is 2.46. The number of hydrogen-bond acceptors (Lipinski definition) is 4. The van der Waals surface area contributed by atoms with Gasteiger partial charge in [0.1, 0.15) is 11.5 Å². The largest absolute Gasteiger partial charge is 0.512 e. The molecular weight excluding hydrogens is 254 g/mol. The normalized spacial score (nSPS) is 32.3. The van der Waals surface area contributed by atoms with Crippen molar-refractivity contribution in [3.8, 4) is 5.75 Å². The molecule has 3 rings (SSSR count). The Bertz CT molecular complexity index is 552. The number of rotatable bonds is 1. The van der Waals surface area contributed by atoms with Crippen molar-refractivity contribution in [1.29, 1.82) is 0 Å². The van der Waals surface area contributed by atoms with Crippen LogP contribution in [0.3, 0.4) is 0 Å². The molecule has 1 fully saturated rings. The quantitative estimate of drug-likeness (QED) is 0.737. The molecule has 0 saturated carbocycles. The summed E-state index contributed by atoms with van der Waals surface area (Å²) < 4.78 is 6.18. The summed E-state index contributed by atoms with van der Waals surface area (Å²) in [7, 11) is 0. The van der Waals surface area contributed by atoms with Crippen molar-refractivity contribution >= 4 is 0 Å². The lowest BCUT2D eigenvalue weighted by Gasteiger charge is -2.39. The molecule has 1 aliphatic carbocycles. The summed E-state index contributed by atoms with van der Waals surface area (Å²) >= 11 is 0. The molecular formula is C16H21NO3. The van der Waals surface area contributed by atoms with E-state index >= 15 is 0 Å². The van der Waals surface area contributed by atoms with E-state index in [9.17, 15) is 10.2 Å². The van der Waals surface area contributed by atoms with Gasteiger partial charge in [0.15, 0.2) is 0 Å². The van der Waals surface area contributed by atoms with Crippen molar-refractivity contribution in [3.63, 3.8) is 0 Å². The molecule has 1 saturated heterocycles. The van der Waals surface area contributed by atoms with Crippen molar-refractivity contribution in [2.45, 2.75) is 38.5 Å². The highest BCUT2D eigenvalue weighted by Crippen LogP contribution is 2.44. The number of ether oxygens (including phenoxy) is 1. The predicted octanol–water partition coefficient (Wildman–Crippen LogP) is 3.01. The van der Waals surface area contributed by atoms with Crippen LogP contribution in [0.5, 0.6) is 5.75 Å². The Morgan fingerprint density at radius 2 is 2.10 bits per heavy atom. The van der Waals surface area contributed by atoms with Gasteiger partial charge in [0.25, 0.3) is 0 Å². The number of hydrogen-bond donors (Lipinski definition) is 3. The van der Waals surface area contributed by atoms with Gasteiger partial charge in [0.2, 0.25) is 0 Å². The standard InChI is InChI=1S/C16H21NO3/c1-15(2)7-13(19)8-16(10-15)17-9-14(20-16)11-4-3-5-12(18)6-11/h3-6,8,14,17-19H,7,9-10H2,1-2H3. The van der Waals surface area contributed by atoms with Crippen LogP contribution in [-0.4, -0.2) is 22.5 Å². The Balaban J connectivity index is 1.84. The van der Waals surface area contributed by atoms with E-state index in [-0.39, 0.29) is 17.3 Å². The molecule has 0 radical (unpaired) electrons. The molecule has 1 spiro atoms. The lowest BCUT2D eigenvalue weighted by molar-refractivity contribution is -0.0539. The molecule has 1 aromatic rings. The molecule has 2 atom stereocenters. The minimum absolute atomic E-state index is 0.000446. The van der Waals surface area contributed by atoms with Gasteiger partial charge in [-0.1, -0.05) is 26.0 Å². The van der Waals surface area contributed by atoms with Gasteiger partial charge in [0, 0.05) is 13.0 Å². The average molecular weight is 275 g/mol. The van der Waals surface area contributed by atoms with Crippen LogP contribution in [0.1, 0.15) is 38.4 Å². The molecule has 2 aliphatic rings. The summed E-state index contributed by atoms with van der Waals surface area (Å²) in [4.78, 5) is 0. The Labute approximate surface area is 119 Å². The summed E-state index contributed by atoms with van der Waals surface area (Å²) in [6.07, 6.45) is 3.18. The first kappa shape index (κ1) is 13.5. The van der Waals surface area contributed by atoms with E-state index in [0.717, 1.165) is 12.0 Å². The van der Waals surface area contributed by atoms with E-state index in [1.54, 1.807) is 18.2 Å². The molecule has 1 aliphatic heterocycles. The van der Waals surface area contributed by atoms with Gasteiger partial charge in [-0.3, -0.25) is 5.32 Å². The van der Waals surface area contributed by atoms with E-state index in [4.69, 9.17) is 4.74 Å². The molecule has 108 valence electrons. The van der Waals surface area contributed by atoms with E-state index in [1.807, 2.05) is 12.1 Å². The highest BCUT2D eigenvalue weighted by molar-refractivity contribution is 5.30. The lowest BCUT2D eigenvalue weighted by atomic mass is 9.76. The van der Waals surface area contributed by atoms with E-state index in [1.165, 1.54) is 0 Å². The molecule has 4 heteroatoms. The summed E-state index contributed by atoms with van der Waals surface area (Å²) in [5.74, 6) is 0.625. The van der Waals surface area contributed by atoms with Crippen molar-refractivity contribution in [2.24, 2.45) is 5.41 Å². The van der Waals surface area contributed by atoms with Crippen molar-refractivity contribution in [3.05, 3.63) is 41.7 Å². The van der Waals surface area contributed by atoms with E-state index < -0.39 is 5.72 Å². The zero-order valence-corrected chi connectivity index (χ0v) is 11.9. The second-order valence-corrected chi connectivity index (χ2v) is 6.63. The molecule has 0 amide bonds. The van der Waals surface area contributed by atoms with E-state index in [2.05, 4.69) is 19.2 Å². The van der Waals surface area contributed by atoms with Crippen LogP contribution >= 0.6 is 0 Å². The molecule has 20 heavy (non-hydrogen) atoms. The smallest absolute Gasteiger partial charge is 0.143 e. The number of nitrogens with one attached hydrogen (secondary N) is 1. The fraction of sp³-hybridized carbons (Fsp3) is 0.500. The zero-order valence-electron chi connectivity index (χ0n) is 11.9. The SMILES string of the molecule is CC1(C)CC(O)=CC2(C1)NCC(c1cccc(O)c1)O2. The Kier molecular flexibility index (Phi) is 3.03. The second kappa shape index (κ2) is 4.50. The van der Waals surface area contributed by atoms with Crippen molar-refractivity contribution in [1.82, 2.24) is 5.32 Å². The Morgan fingerprint density at radius 1 is 1.30 bits per heavy atom. The predicted molar refractivity (Wildman–Crippen MR) is 76.4 cm³/mol. The van der Waals surface area contributed by atoms with Gasteiger partial charge in [0.05, 0.1) is 11.9 Å². The fourth-order valence-corrected chi connectivity index (χ4v) is 3.34. The minimum Gasteiger partial charge on any atom is -0.512 e. The zero-order chi connectivity index (χ0) is 14.4. The number of aliphatic hydroxyl groups is 1. The summed E-state index contributed by atoms with van der Waals surface area (Å²) in [5, 5.41) is 22.9. The first-order valence-electron chi connectivity index (χ1n) is 7.00. The van der Waals surface area contributed by atoms with Crippen molar-refractivity contribution in [2.75, 3.05) is 6.54 Å². The van der Waals surface area contributed by atoms with Crippen LogP contribution in [-0.2, 0) is 4.74 Å². The van der Waals surface area contributed by atoms with E-state index in [0.29, 0.717) is 18.7 Å². The molecule has 1 heterocycles. The molecule has 4 nitrogen and oxygen atoms in total. The third-order valence-electron chi connectivity index (χ3n) is 3.98. The van der Waals surface area contributed by atoms with Crippen LogP contribution in [0.25, 0.3) is 0 Å². The van der Waals surface area contributed by atoms with Gasteiger partial charge < -0.3 is 14.9 Å². The first-order valence-corrected chi connectivity index (χ1v) is 7.00. The third kappa shape index (κ3) is 2.53. The summed E-state index contributed by atoms with van der Waals surface area (Å²) in [5.41, 5.74) is 0.354. The number of phenolic OH excluding ortho intramolecular Hbond substituents is 1. The topological polar surface area (TPSA) is 61.7 Å². The maximum Gasteiger partial charge on any atom is 0.143 e. The fourth-order valence-electron chi connectivity index (χ4n) is 3.34. The summed E-state index contributed by atoms with van der Waals surface area (Å²) in [6.45, 7) is 4.93. The van der Waals surface area contributed by atoms with Crippen molar-refractivity contribution < 1.29 is 14.9 Å². The number of benzene rings is 1. The number of aromatic hydroxyl groups is 1. The monoisotopic (exact) mass is 275 g/mol. The highest BCUT2D eigenvalue weighted by atomic mass is 16.5. The van der Waals surface area contributed by atoms with Gasteiger partial charge in [-0.25, -0.2) is 0 Å². The number of phenols is 1. The van der Waals surface area contributed by atoms with Gasteiger partial charge in [-0.2, -0.15) is 0 Å². The van der Waals surface area contributed by atoms with Crippen LogP contribution in [0, 0.1) is 5.41 Å².